The summed E-state index contributed by atoms with van der Waals surface area (Å²) >= 11 is 0. The molecular formula is C20H20FN7O2. The summed E-state index contributed by atoms with van der Waals surface area (Å²) in [4.78, 5) is 14.2. The molecule has 0 radical (unpaired) electrons. The van der Waals surface area contributed by atoms with Crippen molar-refractivity contribution < 1.29 is 14.2 Å². The van der Waals surface area contributed by atoms with Crippen molar-refractivity contribution >= 4 is 23.1 Å². The first kappa shape index (κ1) is 19.6. The van der Waals surface area contributed by atoms with Gasteiger partial charge in [0.05, 0.1) is 37.0 Å². The molecule has 0 amide bonds. The Labute approximate surface area is 172 Å². The number of halogens is 1. The number of nitrogens with one attached hydrogen (secondary N) is 1. The normalized spacial score (nSPS) is 14.2. The van der Waals surface area contributed by atoms with Crippen molar-refractivity contribution in [3.8, 4) is 5.75 Å². The number of ether oxygens (including phenoxy) is 1. The lowest BCUT2D eigenvalue weighted by Crippen LogP contribution is -2.37. The molecule has 1 aliphatic rings. The van der Waals surface area contributed by atoms with Crippen LogP contribution < -0.4 is 10.2 Å². The van der Waals surface area contributed by atoms with Crippen molar-refractivity contribution in [3.05, 3.63) is 60.3 Å². The number of azo groups is 1. The molecule has 3 heterocycles. The Hall–Kier alpha value is -3.66. The highest BCUT2D eigenvalue weighted by Gasteiger charge is 2.17. The fraction of sp³-hybridized carbons (Fsp3) is 0.250. The van der Waals surface area contributed by atoms with Gasteiger partial charge >= 0.3 is 0 Å². The summed E-state index contributed by atoms with van der Waals surface area (Å²) in [5.41, 5.74) is 2.24. The first-order valence-corrected chi connectivity index (χ1v) is 9.41. The molecule has 0 atom stereocenters. The predicted octanol–water partition coefficient (Wildman–Crippen LogP) is 3.58. The van der Waals surface area contributed by atoms with E-state index < -0.39 is 5.82 Å². The van der Waals surface area contributed by atoms with Crippen LogP contribution >= 0.6 is 0 Å². The summed E-state index contributed by atoms with van der Waals surface area (Å²) in [5.74, 6) is -0.0000594. The average Bonchev–Trinajstić information content (AvgIpc) is 2.77. The second-order valence-corrected chi connectivity index (χ2v) is 6.55. The maximum atomic E-state index is 14.0. The van der Waals surface area contributed by atoms with Crippen molar-refractivity contribution in [1.29, 1.82) is 0 Å². The molecule has 154 valence electrons. The number of hydrogen-bond donors (Lipinski definition) is 2. The standard InChI is InChI=1S/C20H20FN7O2/c21-18-13-23-20(26-19(18)28-6-8-30-9-7-28)27-24-12-15-4-5-16(11-22-15)25-14-2-1-3-17(29)10-14/h1-5,10-11,13,25,29H,6-9,12H2. The van der Waals surface area contributed by atoms with Gasteiger partial charge in [-0.25, -0.2) is 9.37 Å². The largest absolute Gasteiger partial charge is 0.508 e. The van der Waals surface area contributed by atoms with Gasteiger partial charge in [0, 0.05) is 24.8 Å². The molecular weight excluding hydrogens is 389 g/mol. The van der Waals surface area contributed by atoms with E-state index in [1.807, 2.05) is 18.2 Å². The van der Waals surface area contributed by atoms with Gasteiger partial charge in [0.1, 0.15) is 12.3 Å². The van der Waals surface area contributed by atoms with E-state index in [1.54, 1.807) is 29.3 Å². The van der Waals surface area contributed by atoms with E-state index in [1.165, 1.54) is 0 Å². The maximum absolute atomic E-state index is 14.0. The van der Waals surface area contributed by atoms with E-state index in [0.29, 0.717) is 32.0 Å². The lowest BCUT2D eigenvalue weighted by molar-refractivity contribution is 0.122. The zero-order valence-electron chi connectivity index (χ0n) is 16.1. The third-order valence-corrected chi connectivity index (χ3v) is 4.38. The monoisotopic (exact) mass is 409 g/mol. The van der Waals surface area contributed by atoms with Crippen LogP contribution in [-0.4, -0.2) is 46.4 Å². The summed E-state index contributed by atoms with van der Waals surface area (Å²) in [6.07, 6.45) is 2.77. The minimum Gasteiger partial charge on any atom is -0.508 e. The van der Waals surface area contributed by atoms with Gasteiger partial charge in [-0.3, -0.25) is 4.98 Å². The zero-order valence-corrected chi connectivity index (χ0v) is 16.1. The van der Waals surface area contributed by atoms with Crippen LogP contribution in [0, 0.1) is 5.82 Å². The molecule has 10 heteroatoms. The van der Waals surface area contributed by atoms with E-state index >= 15 is 0 Å². The quantitative estimate of drug-likeness (QED) is 0.599. The van der Waals surface area contributed by atoms with Gasteiger partial charge in [-0.2, -0.15) is 10.1 Å². The van der Waals surface area contributed by atoms with Crippen LogP contribution in [0.5, 0.6) is 5.75 Å². The molecule has 2 aromatic heterocycles. The molecule has 9 nitrogen and oxygen atoms in total. The minimum absolute atomic E-state index is 0.0973. The molecule has 4 rings (SSSR count). The molecule has 0 bridgehead atoms. The van der Waals surface area contributed by atoms with E-state index in [-0.39, 0.29) is 24.1 Å². The highest BCUT2D eigenvalue weighted by molar-refractivity contribution is 5.60. The fourth-order valence-electron chi connectivity index (χ4n) is 2.91. The highest BCUT2D eigenvalue weighted by atomic mass is 19.1. The number of morpholine rings is 1. The van der Waals surface area contributed by atoms with E-state index in [2.05, 4.69) is 30.5 Å². The van der Waals surface area contributed by atoms with Gasteiger partial charge < -0.3 is 20.1 Å². The van der Waals surface area contributed by atoms with Gasteiger partial charge in [0.25, 0.3) is 5.95 Å². The molecule has 0 spiro atoms. The molecule has 1 fully saturated rings. The molecule has 0 aliphatic carbocycles. The van der Waals surface area contributed by atoms with Crippen LogP contribution in [-0.2, 0) is 11.3 Å². The number of hydrogen-bond acceptors (Lipinski definition) is 9. The molecule has 0 unspecified atom stereocenters. The first-order chi connectivity index (χ1) is 14.7. The molecule has 30 heavy (non-hydrogen) atoms. The van der Waals surface area contributed by atoms with Crippen molar-refractivity contribution in [2.24, 2.45) is 10.2 Å². The molecule has 1 aliphatic heterocycles. The van der Waals surface area contributed by atoms with Crippen LogP contribution in [0.1, 0.15) is 5.69 Å². The Morgan fingerprint density at radius 1 is 1.10 bits per heavy atom. The number of aromatic hydroxyl groups is 1. The molecule has 2 N–H and O–H groups in total. The number of benzene rings is 1. The van der Waals surface area contributed by atoms with Crippen LogP contribution in [0.4, 0.5) is 27.5 Å². The lowest BCUT2D eigenvalue weighted by Gasteiger charge is -2.27. The molecule has 3 aromatic rings. The predicted molar refractivity (Wildman–Crippen MR) is 109 cm³/mol. The fourth-order valence-corrected chi connectivity index (χ4v) is 2.91. The van der Waals surface area contributed by atoms with Gasteiger partial charge in [0.15, 0.2) is 11.6 Å². The highest BCUT2D eigenvalue weighted by Crippen LogP contribution is 2.21. The lowest BCUT2D eigenvalue weighted by atomic mass is 10.3. The smallest absolute Gasteiger partial charge is 0.270 e. The van der Waals surface area contributed by atoms with Crippen molar-refractivity contribution in [3.63, 3.8) is 0 Å². The summed E-state index contributed by atoms with van der Waals surface area (Å²) in [7, 11) is 0. The number of nitrogens with zero attached hydrogens (tertiary/aromatic N) is 6. The van der Waals surface area contributed by atoms with E-state index in [9.17, 15) is 9.50 Å². The summed E-state index contributed by atoms with van der Waals surface area (Å²) in [6.45, 7) is 2.43. The number of aromatic nitrogens is 3. The SMILES string of the molecule is Oc1cccc(Nc2ccc(CN=Nc3ncc(F)c(N4CCOCC4)n3)nc2)c1. The van der Waals surface area contributed by atoms with Crippen LogP contribution in [0.3, 0.4) is 0 Å². The second kappa shape index (κ2) is 9.23. The van der Waals surface area contributed by atoms with Crippen molar-refractivity contribution in [2.75, 3.05) is 36.5 Å². The second-order valence-electron chi connectivity index (χ2n) is 6.55. The van der Waals surface area contributed by atoms with Gasteiger partial charge in [-0.1, -0.05) is 6.07 Å². The van der Waals surface area contributed by atoms with E-state index in [0.717, 1.165) is 17.6 Å². The number of anilines is 3. The average molecular weight is 409 g/mol. The number of phenols is 1. The summed E-state index contributed by atoms with van der Waals surface area (Å²) in [6, 6.07) is 10.5. The Morgan fingerprint density at radius 3 is 2.73 bits per heavy atom. The third-order valence-electron chi connectivity index (χ3n) is 4.38. The van der Waals surface area contributed by atoms with Crippen molar-refractivity contribution in [1.82, 2.24) is 15.0 Å². The molecule has 1 aromatic carbocycles. The maximum Gasteiger partial charge on any atom is 0.270 e. The summed E-state index contributed by atoms with van der Waals surface area (Å²) in [5, 5.41) is 20.7. The topological polar surface area (TPSA) is 108 Å². The number of phenolic OH excluding ortho intramolecular Hbond substituents is 1. The van der Waals surface area contributed by atoms with Crippen molar-refractivity contribution in [2.45, 2.75) is 6.54 Å². The van der Waals surface area contributed by atoms with Gasteiger partial charge in [-0.15, -0.1) is 5.11 Å². The van der Waals surface area contributed by atoms with Crippen LogP contribution in [0.2, 0.25) is 0 Å². The van der Waals surface area contributed by atoms with Gasteiger partial charge in [-0.05, 0) is 24.3 Å². The molecule has 1 saturated heterocycles. The number of pyridine rings is 1. The molecule has 0 saturated carbocycles. The van der Waals surface area contributed by atoms with Crippen LogP contribution in [0.15, 0.2) is 59.0 Å². The van der Waals surface area contributed by atoms with Gasteiger partial charge in [0.2, 0.25) is 0 Å². The Kier molecular flexibility index (Phi) is 6.04. The Balaban J connectivity index is 1.37. The minimum atomic E-state index is -0.493. The zero-order chi connectivity index (χ0) is 20.8. The number of rotatable bonds is 6. The Bertz CT molecular complexity index is 1020. The first-order valence-electron chi connectivity index (χ1n) is 9.41. The summed E-state index contributed by atoms with van der Waals surface area (Å²) < 4.78 is 19.3. The van der Waals surface area contributed by atoms with Crippen LogP contribution in [0.25, 0.3) is 0 Å². The third kappa shape index (κ3) is 5.03. The van der Waals surface area contributed by atoms with E-state index in [4.69, 9.17) is 4.74 Å². The Morgan fingerprint density at radius 2 is 1.97 bits per heavy atom.